The summed E-state index contributed by atoms with van der Waals surface area (Å²) in [6.07, 6.45) is 14.1. The second kappa shape index (κ2) is 11.6. The fraction of sp³-hybridized carbons (Fsp3) is 0.517. The van der Waals surface area contributed by atoms with E-state index in [9.17, 15) is 9.90 Å². The SMILES string of the molecule is CCCCCCCCCC(CN)C1(c2ccc(-c3cc4c(C(=O)O)n[nH]c4cc3Cl)cc2)CCC1. The Morgan fingerprint density at radius 1 is 1.11 bits per heavy atom. The number of halogens is 1. The first kappa shape index (κ1) is 25.7. The number of H-pyrrole nitrogens is 1. The number of hydrogen-bond acceptors (Lipinski definition) is 3. The van der Waals surface area contributed by atoms with Crippen molar-refractivity contribution in [2.75, 3.05) is 6.54 Å². The predicted octanol–water partition coefficient (Wildman–Crippen LogP) is 7.72. The monoisotopic (exact) mass is 495 g/mol. The van der Waals surface area contributed by atoms with Crippen LogP contribution in [0.4, 0.5) is 0 Å². The van der Waals surface area contributed by atoms with Crippen molar-refractivity contribution in [1.82, 2.24) is 10.2 Å². The van der Waals surface area contributed by atoms with Gasteiger partial charge in [0.25, 0.3) is 0 Å². The molecule has 5 nitrogen and oxygen atoms in total. The fourth-order valence-corrected chi connectivity index (χ4v) is 6.13. The number of aromatic amines is 1. The van der Waals surface area contributed by atoms with Gasteiger partial charge in [-0.05, 0) is 60.4 Å². The molecule has 0 amide bonds. The van der Waals surface area contributed by atoms with E-state index < -0.39 is 5.97 Å². The van der Waals surface area contributed by atoms with Crippen LogP contribution in [0.25, 0.3) is 22.0 Å². The maximum atomic E-state index is 11.5. The van der Waals surface area contributed by atoms with Gasteiger partial charge in [0.05, 0.1) is 10.5 Å². The summed E-state index contributed by atoms with van der Waals surface area (Å²) in [6, 6.07) is 12.3. The second-order valence-corrected chi connectivity index (χ2v) is 10.6. The van der Waals surface area contributed by atoms with Crippen molar-refractivity contribution in [3.8, 4) is 11.1 Å². The van der Waals surface area contributed by atoms with E-state index in [0.717, 1.165) is 17.7 Å². The fourth-order valence-electron chi connectivity index (χ4n) is 5.86. The molecule has 35 heavy (non-hydrogen) atoms. The van der Waals surface area contributed by atoms with Crippen molar-refractivity contribution in [3.63, 3.8) is 0 Å². The zero-order valence-corrected chi connectivity index (χ0v) is 21.5. The quantitative estimate of drug-likeness (QED) is 0.211. The number of carboxylic acid groups (broad SMARTS) is 1. The molecule has 0 saturated heterocycles. The van der Waals surface area contributed by atoms with Gasteiger partial charge in [0.1, 0.15) is 0 Å². The summed E-state index contributed by atoms with van der Waals surface area (Å²) in [7, 11) is 0. The Morgan fingerprint density at radius 3 is 2.40 bits per heavy atom. The molecule has 3 aromatic rings. The Morgan fingerprint density at radius 2 is 1.80 bits per heavy atom. The molecule has 1 unspecified atom stereocenters. The minimum atomic E-state index is -1.06. The van der Waals surface area contributed by atoms with Crippen LogP contribution < -0.4 is 5.73 Å². The van der Waals surface area contributed by atoms with Crippen LogP contribution in [0, 0.1) is 5.92 Å². The number of rotatable bonds is 13. The van der Waals surface area contributed by atoms with Crippen molar-refractivity contribution in [2.45, 2.75) is 83.0 Å². The average molecular weight is 496 g/mol. The number of aromatic nitrogens is 2. The highest BCUT2D eigenvalue weighted by Gasteiger charge is 2.44. The standard InChI is InChI=1S/C29H38ClN3O2/c1-2-3-4-5-6-7-8-10-22(19-31)29(15-9-16-29)21-13-11-20(12-14-21)23-17-24-26(18-25(23)30)32-33-27(24)28(34)35/h11-14,17-18,22H,2-10,15-16,19,31H2,1H3,(H,32,33)(H,34,35). The Labute approximate surface area is 213 Å². The largest absolute Gasteiger partial charge is 0.476 e. The van der Waals surface area contributed by atoms with E-state index in [2.05, 4.69) is 41.4 Å². The summed E-state index contributed by atoms with van der Waals surface area (Å²) in [5.74, 6) is -0.540. The van der Waals surface area contributed by atoms with Gasteiger partial charge >= 0.3 is 5.97 Å². The number of nitrogens with two attached hydrogens (primary N) is 1. The predicted molar refractivity (Wildman–Crippen MR) is 144 cm³/mol. The molecule has 0 bridgehead atoms. The molecule has 1 aliphatic carbocycles. The van der Waals surface area contributed by atoms with Gasteiger partial charge < -0.3 is 10.8 Å². The molecule has 1 saturated carbocycles. The Hall–Kier alpha value is -2.37. The van der Waals surface area contributed by atoms with Crippen LogP contribution in [-0.4, -0.2) is 27.8 Å². The van der Waals surface area contributed by atoms with E-state index in [-0.39, 0.29) is 11.1 Å². The summed E-state index contributed by atoms with van der Waals surface area (Å²) in [5, 5.41) is 17.3. The third-order valence-electron chi connectivity index (χ3n) is 8.09. The maximum Gasteiger partial charge on any atom is 0.357 e. The molecule has 0 spiro atoms. The molecule has 6 heteroatoms. The zero-order chi connectivity index (χ0) is 24.8. The summed E-state index contributed by atoms with van der Waals surface area (Å²) >= 11 is 6.57. The van der Waals surface area contributed by atoms with Gasteiger partial charge in [-0.2, -0.15) is 5.10 Å². The lowest BCUT2D eigenvalue weighted by Crippen LogP contribution is -2.45. The normalized spacial score (nSPS) is 15.7. The topological polar surface area (TPSA) is 92.0 Å². The van der Waals surface area contributed by atoms with Gasteiger partial charge in [0.2, 0.25) is 0 Å². The smallest absolute Gasteiger partial charge is 0.357 e. The highest BCUT2D eigenvalue weighted by atomic mass is 35.5. The molecule has 4 rings (SSSR count). The van der Waals surface area contributed by atoms with Crippen molar-refractivity contribution < 1.29 is 9.90 Å². The van der Waals surface area contributed by atoms with Crippen LogP contribution in [0.5, 0.6) is 0 Å². The van der Waals surface area contributed by atoms with Crippen LogP contribution in [0.2, 0.25) is 5.02 Å². The molecule has 1 aliphatic rings. The van der Waals surface area contributed by atoms with Gasteiger partial charge in [0, 0.05) is 10.9 Å². The highest BCUT2D eigenvalue weighted by Crippen LogP contribution is 2.51. The highest BCUT2D eigenvalue weighted by molar-refractivity contribution is 6.34. The van der Waals surface area contributed by atoms with E-state index >= 15 is 0 Å². The summed E-state index contributed by atoms with van der Waals surface area (Å²) in [5.41, 5.74) is 10.3. The van der Waals surface area contributed by atoms with Gasteiger partial charge in [-0.1, -0.05) is 94.2 Å². The van der Waals surface area contributed by atoms with Gasteiger partial charge in [-0.3, -0.25) is 5.10 Å². The molecule has 0 radical (unpaired) electrons. The molecular weight excluding hydrogens is 458 g/mol. The number of carboxylic acids is 1. The summed E-state index contributed by atoms with van der Waals surface area (Å²) < 4.78 is 0. The van der Waals surface area contributed by atoms with Gasteiger partial charge in [-0.15, -0.1) is 0 Å². The number of fused-ring (bicyclic) bond motifs is 1. The summed E-state index contributed by atoms with van der Waals surface area (Å²) in [6.45, 7) is 3.00. The zero-order valence-electron chi connectivity index (χ0n) is 20.8. The number of carbonyl (C=O) groups is 1. The van der Waals surface area contributed by atoms with Crippen molar-refractivity contribution in [3.05, 3.63) is 52.7 Å². The number of nitrogens with one attached hydrogen (secondary N) is 1. The Balaban J connectivity index is 1.49. The van der Waals surface area contributed by atoms with Crippen molar-refractivity contribution in [1.29, 1.82) is 0 Å². The molecule has 1 heterocycles. The lowest BCUT2D eigenvalue weighted by atomic mass is 9.56. The first-order chi connectivity index (χ1) is 17.0. The number of aromatic carboxylic acids is 1. The molecule has 2 aromatic carbocycles. The first-order valence-corrected chi connectivity index (χ1v) is 13.6. The first-order valence-electron chi connectivity index (χ1n) is 13.2. The number of benzene rings is 2. The Bertz CT molecular complexity index is 1130. The molecule has 4 N–H and O–H groups in total. The van der Waals surface area contributed by atoms with E-state index in [1.165, 1.54) is 76.2 Å². The van der Waals surface area contributed by atoms with E-state index in [1.807, 2.05) is 6.07 Å². The maximum absolute atomic E-state index is 11.5. The number of hydrogen-bond donors (Lipinski definition) is 3. The van der Waals surface area contributed by atoms with E-state index in [1.54, 1.807) is 6.07 Å². The molecule has 1 atom stereocenters. The number of nitrogens with zero attached hydrogens (tertiary/aromatic N) is 1. The minimum Gasteiger partial charge on any atom is -0.476 e. The molecule has 0 aliphatic heterocycles. The lowest BCUT2D eigenvalue weighted by molar-refractivity contribution is 0.0692. The van der Waals surface area contributed by atoms with Crippen LogP contribution in [0.1, 0.15) is 93.6 Å². The van der Waals surface area contributed by atoms with Crippen LogP contribution in [0.15, 0.2) is 36.4 Å². The minimum absolute atomic E-state index is 0.0131. The van der Waals surface area contributed by atoms with Gasteiger partial charge in [-0.25, -0.2) is 4.79 Å². The molecule has 1 aromatic heterocycles. The van der Waals surface area contributed by atoms with Crippen molar-refractivity contribution in [2.24, 2.45) is 11.7 Å². The van der Waals surface area contributed by atoms with Crippen molar-refractivity contribution >= 4 is 28.5 Å². The van der Waals surface area contributed by atoms with E-state index in [0.29, 0.717) is 21.8 Å². The molecular formula is C29H38ClN3O2. The molecule has 188 valence electrons. The van der Waals surface area contributed by atoms with Crippen LogP contribution in [-0.2, 0) is 5.41 Å². The van der Waals surface area contributed by atoms with Crippen LogP contribution in [0.3, 0.4) is 0 Å². The lowest BCUT2D eigenvalue weighted by Gasteiger charge is -2.48. The molecule has 1 fully saturated rings. The third kappa shape index (κ3) is 5.41. The number of unbranched alkanes of at least 4 members (excludes halogenated alkanes) is 6. The van der Waals surface area contributed by atoms with Crippen LogP contribution >= 0.6 is 11.6 Å². The van der Waals surface area contributed by atoms with Gasteiger partial charge in [0.15, 0.2) is 5.69 Å². The third-order valence-corrected chi connectivity index (χ3v) is 8.40. The summed E-state index contributed by atoms with van der Waals surface area (Å²) in [4.78, 5) is 11.5. The second-order valence-electron chi connectivity index (χ2n) is 10.2. The van der Waals surface area contributed by atoms with E-state index in [4.69, 9.17) is 17.3 Å². The average Bonchev–Trinajstić information content (AvgIpc) is 3.24. The Kier molecular flexibility index (Phi) is 8.51.